The Morgan fingerprint density at radius 2 is 2.05 bits per heavy atom. The van der Waals surface area contributed by atoms with Gasteiger partial charge in [-0.2, -0.15) is 0 Å². The van der Waals surface area contributed by atoms with Gasteiger partial charge >= 0.3 is 0 Å². The van der Waals surface area contributed by atoms with Gasteiger partial charge < -0.3 is 10.6 Å². The largest absolute Gasteiger partial charge is 0.324 e. The summed E-state index contributed by atoms with van der Waals surface area (Å²) >= 11 is 1.82. The zero-order chi connectivity index (χ0) is 14.7. The normalized spacial score (nSPS) is 18.0. The topological polar surface area (TPSA) is 41.1 Å². The van der Waals surface area contributed by atoms with Crippen molar-refractivity contribution in [3.63, 3.8) is 0 Å². The summed E-state index contributed by atoms with van der Waals surface area (Å²) in [5.41, 5.74) is 2.18. The third-order valence-electron chi connectivity index (χ3n) is 3.88. The standard InChI is InChI=1S/C17H20N2OS/c1-2-13-8-9-14(21-13)11-18-16-10-7-12-5-3-4-6-15(12)19-17(16)20/h3-6,8-9,16,18H,2,7,10-11H2,1H3,(H,19,20). The van der Waals surface area contributed by atoms with Crippen LogP contribution in [0.15, 0.2) is 36.4 Å². The SMILES string of the molecule is CCc1ccc(CNC2CCc3ccccc3NC2=O)s1. The van der Waals surface area contributed by atoms with Gasteiger partial charge in [0.05, 0.1) is 6.04 Å². The van der Waals surface area contributed by atoms with Crippen molar-refractivity contribution >= 4 is 22.9 Å². The molecule has 1 atom stereocenters. The number of anilines is 1. The second-order valence-corrected chi connectivity index (χ2v) is 6.59. The number of carbonyl (C=O) groups is 1. The van der Waals surface area contributed by atoms with Gasteiger partial charge in [-0.3, -0.25) is 4.79 Å². The van der Waals surface area contributed by atoms with E-state index < -0.39 is 0 Å². The Balaban J connectivity index is 1.63. The molecule has 0 spiro atoms. The maximum absolute atomic E-state index is 12.3. The van der Waals surface area contributed by atoms with Gasteiger partial charge in [0.15, 0.2) is 0 Å². The zero-order valence-corrected chi connectivity index (χ0v) is 13.0. The van der Waals surface area contributed by atoms with Crippen LogP contribution in [0.1, 0.15) is 28.7 Å². The average Bonchev–Trinajstić information content (AvgIpc) is 2.90. The van der Waals surface area contributed by atoms with E-state index in [0.717, 1.165) is 31.5 Å². The lowest BCUT2D eigenvalue weighted by Crippen LogP contribution is -2.39. The molecular formula is C17H20N2OS. The van der Waals surface area contributed by atoms with E-state index in [1.54, 1.807) is 0 Å². The van der Waals surface area contributed by atoms with E-state index in [1.165, 1.54) is 15.3 Å². The Labute approximate surface area is 129 Å². The molecule has 1 unspecified atom stereocenters. The first-order valence-electron chi connectivity index (χ1n) is 7.46. The highest BCUT2D eigenvalue weighted by Gasteiger charge is 2.22. The summed E-state index contributed by atoms with van der Waals surface area (Å²) in [7, 11) is 0. The molecule has 1 aromatic heterocycles. The van der Waals surface area contributed by atoms with Crippen LogP contribution in [0.5, 0.6) is 0 Å². The van der Waals surface area contributed by atoms with Gasteiger partial charge in [-0.25, -0.2) is 0 Å². The highest BCUT2D eigenvalue weighted by Crippen LogP contribution is 2.22. The van der Waals surface area contributed by atoms with Crippen LogP contribution in [0.3, 0.4) is 0 Å². The van der Waals surface area contributed by atoms with Crippen molar-refractivity contribution in [2.24, 2.45) is 0 Å². The summed E-state index contributed by atoms with van der Waals surface area (Å²) in [6.07, 6.45) is 2.84. The average molecular weight is 300 g/mol. The number of amides is 1. The summed E-state index contributed by atoms with van der Waals surface area (Å²) in [6.45, 7) is 2.93. The predicted molar refractivity (Wildman–Crippen MR) is 87.7 cm³/mol. The number of rotatable bonds is 4. The van der Waals surface area contributed by atoms with Gasteiger partial charge in [-0.1, -0.05) is 25.1 Å². The Morgan fingerprint density at radius 3 is 2.86 bits per heavy atom. The number of para-hydroxylation sites is 1. The van der Waals surface area contributed by atoms with Crippen molar-refractivity contribution < 1.29 is 4.79 Å². The molecule has 0 radical (unpaired) electrons. The monoisotopic (exact) mass is 300 g/mol. The third kappa shape index (κ3) is 3.34. The smallest absolute Gasteiger partial charge is 0.241 e. The van der Waals surface area contributed by atoms with Gasteiger partial charge in [0.25, 0.3) is 0 Å². The molecule has 0 bridgehead atoms. The molecule has 21 heavy (non-hydrogen) atoms. The van der Waals surface area contributed by atoms with Gasteiger partial charge in [0, 0.05) is 22.0 Å². The number of thiophene rings is 1. The maximum atomic E-state index is 12.3. The summed E-state index contributed by atoms with van der Waals surface area (Å²) in [6, 6.07) is 12.3. The Hall–Kier alpha value is -1.65. The number of nitrogens with one attached hydrogen (secondary N) is 2. The highest BCUT2D eigenvalue weighted by atomic mass is 32.1. The summed E-state index contributed by atoms with van der Waals surface area (Å²) < 4.78 is 0. The quantitative estimate of drug-likeness (QED) is 0.909. The van der Waals surface area contributed by atoms with Crippen LogP contribution in [-0.2, 0) is 24.2 Å². The zero-order valence-electron chi connectivity index (χ0n) is 12.2. The Morgan fingerprint density at radius 1 is 1.24 bits per heavy atom. The van der Waals surface area contributed by atoms with Gasteiger partial charge in [0.2, 0.25) is 5.91 Å². The molecule has 0 fully saturated rings. The second kappa shape index (κ2) is 6.41. The van der Waals surface area contributed by atoms with Crippen LogP contribution in [0, 0.1) is 0 Å². The molecule has 2 N–H and O–H groups in total. The van der Waals surface area contributed by atoms with E-state index in [0.29, 0.717) is 0 Å². The lowest BCUT2D eigenvalue weighted by molar-refractivity contribution is -0.118. The lowest BCUT2D eigenvalue weighted by atomic mass is 10.1. The first-order chi connectivity index (χ1) is 10.3. The molecular weight excluding hydrogens is 280 g/mol. The minimum absolute atomic E-state index is 0.0761. The number of aryl methyl sites for hydroxylation is 2. The molecule has 0 saturated carbocycles. The summed E-state index contributed by atoms with van der Waals surface area (Å²) in [5.74, 6) is 0.0761. The predicted octanol–water partition coefficient (Wildman–Crippen LogP) is 3.35. The molecule has 110 valence electrons. The fraction of sp³-hybridized carbons (Fsp3) is 0.353. The molecule has 0 saturated heterocycles. The van der Waals surface area contributed by atoms with Crippen molar-refractivity contribution in [2.75, 3.05) is 5.32 Å². The van der Waals surface area contributed by atoms with Crippen molar-refractivity contribution in [3.8, 4) is 0 Å². The first kappa shape index (κ1) is 14.3. The van der Waals surface area contributed by atoms with E-state index >= 15 is 0 Å². The number of fused-ring (bicyclic) bond motifs is 1. The van der Waals surface area contributed by atoms with Crippen LogP contribution in [0.2, 0.25) is 0 Å². The fourth-order valence-electron chi connectivity index (χ4n) is 2.64. The summed E-state index contributed by atoms with van der Waals surface area (Å²) in [4.78, 5) is 15.0. The van der Waals surface area contributed by atoms with Crippen LogP contribution in [0.25, 0.3) is 0 Å². The van der Waals surface area contributed by atoms with Crippen LogP contribution < -0.4 is 10.6 Å². The van der Waals surface area contributed by atoms with Gasteiger partial charge in [0.1, 0.15) is 0 Å². The Kier molecular flexibility index (Phi) is 4.36. The molecule has 1 amide bonds. The van der Waals surface area contributed by atoms with Crippen molar-refractivity contribution in [1.29, 1.82) is 0 Å². The number of carbonyl (C=O) groups excluding carboxylic acids is 1. The molecule has 1 aliphatic rings. The number of hydrogen-bond acceptors (Lipinski definition) is 3. The van der Waals surface area contributed by atoms with E-state index in [-0.39, 0.29) is 11.9 Å². The molecule has 3 rings (SSSR count). The molecule has 2 heterocycles. The number of benzene rings is 1. The minimum atomic E-state index is -0.121. The molecule has 4 heteroatoms. The molecule has 1 aromatic carbocycles. The second-order valence-electron chi connectivity index (χ2n) is 5.34. The fourth-order valence-corrected chi connectivity index (χ4v) is 3.55. The van der Waals surface area contributed by atoms with Gasteiger partial charge in [-0.15, -0.1) is 11.3 Å². The first-order valence-corrected chi connectivity index (χ1v) is 8.27. The molecule has 1 aliphatic heterocycles. The third-order valence-corrected chi connectivity index (χ3v) is 5.11. The highest BCUT2D eigenvalue weighted by molar-refractivity contribution is 7.11. The molecule has 0 aliphatic carbocycles. The minimum Gasteiger partial charge on any atom is -0.324 e. The summed E-state index contributed by atoms with van der Waals surface area (Å²) in [5, 5.41) is 6.43. The van der Waals surface area contributed by atoms with Crippen LogP contribution >= 0.6 is 11.3 Å². The maximum Gasteiger partial charge on any atom is 0.241 e. The molecule has 3 nitrogen and oxygen atoms in total. The number of hydrogen-bond donors (Lipinski definition) is 2. The van der Waals surface area contributed by atoms with Crippen molar-refractivity contribution in [3.05, 3.63) is 51.7 Å². The van der Waals surface area contributed by atoms with Crippen LogP contribution in [0.4, 0.5) is 5.69 Å². The van der Waals surface area contributed by atoms with E-state index in [1.807, 2.05) is 29.5 Å². The van der Waals surface area contributed by atoms with Crippen molar-refractivity contribution in [1.82, 2.24) is 5.32 Å². The van der Waals surface area contributed by atoms with E-state index in [4.69, 9.17) is 0 Å². The van der Waals surface area contributed by atoms with Crippen molar-refractivity contribution in [2.45, 2.75) is 38.8 Å². The molecule has 2 aromatic rings. The van der Waals surface area contributed by atoms with Gasteiger partial charge in [-0.05, 0) is 43.0 Å². The lowest BCUT2D eigenvalue weighted by Gasteiger charge is -2.14. The Bertz CT molecular complexity index is 635. The van der Waals surface area contributed by atoms with Crippen LogP contribution in [-0.4, -0.2) is 11.9 Å². The van der Waals surface area contributed by atoms with E-state index in [2.05, 4.69) is 35.8 Å². The van der Waals surface area contributed by atoms with E-state index in [9.17, 15) is 4.79 Å².